The summed E-state index contributed by atoms with van der Waals surface area (Å²) >= 11 is 0. The van der Waals surface area contributed by atoms with E-state index in [1.807, 2.05) is 6.92 Å². The highest BCUT2D eigenvalue weighted by molar-refractivity contribution is 5.95. The minimum absolute atomic E-state index is 0.0267. The lowest BCUT2D eigenvalue weighted by molar-refractivity contribution is -0.136. The van der Waals surface area contributed by atoms with E-state index in [0.717, 1.165) is 17.5 Å². The van der Waals surface area contributed by atoms with Crippen molar-refractivity contribution >= 4 is 17.8 Å². The third-order valence-electron chi connectivity index (χ3n) is 6.14. The number of carboxylic acid groups (broad SMARTS) is 1. The molecule has 0 spiro atoms. The molecule has 0 aliphatic carbocycles. The second kappa shape index (κ2) is 12.7. The molecule has 2 atom stereocenters. The molecule has 8 heteroatoms. The number of phenolic OH excluding ortho intramolecular Hbond substituents is 1. The van der Waals surface area contributed by atoms with E-state index >= 15 is 0 Å². The molecule has 3 aromatic carbocycles. The lowest BCUT2D eigenvalue weighted by Crippen LogP contribution is -2.33. The largest absolute Gasteiger partial charge is 0.508 e. The number of aliphatic carboxylic acids is 1. The molecule has 3 aromatic rings. The van der Waals surface area contributed by atoms with Gasteiger partial charge in [-0.05, 0) is 66.4 Å². The predicted molar refractivity (Wildman–Crippen MR) is 138 cm³/mol. The first-order chi connectivity index (χ1) is 17.7. The highest BCUT2D eigenvalue weighted by atomic mass is 19.1. The van der Waals surface area contributed by atoms with Crippen LogP contribution >= 0.6 is 0 Å². The first-order valence-corrected chi connectivity index (χ1v) is 12.2. The Bertz CT molecular complexity index is 1240. The van der Waals surface area contributed by atoms with Gasteiger partial charge in [-0.2, -0.15) is 0 Å². The minimum Gasteiger partial charge on any atom is -0.508 e. The van der Waals surface area contributed by atoms with Crippen LogP contribution in [0.25, 0.3) is 0 Å². The van der Waals surface area contributed by atoms with Crippen LogP contribution in [0, 0.1) is 12.7 Å². The number of halogens is 1. The van der Waals surface area contributed by atoms with Crippen LogP contribution < -0.4 is 10.6 Å². The molecule has 0 aliphatic rings. The number of carbonyl (C=O) groups is 3. The molecule has 0 aromatic heterocycles. The highest BCUT2D eigenvalue weighted by Gasteiger charge is 2.27. The van der Waals surface area contributed by atoms with Crippen molar-refractivity contribution in [3.63, 3.8) is 0 Å². The van der Waals surface area contributed by atoms with E-state index in [1.165, 1.54) is 24.3 Å². The van der Waals surface area contributed by atoms with Crippen molar-refractivity contribution < 1.29 is 29.0 Å². The molecule has 194 valence electrons. The average molecular weight is 507 g/mol. The van der Waals surface area contributed by atoms with Gasteiger partial charge in [-0.1, -0.05) is 43.7 Å². The number of nitrogens with one attached hydrogen (secondary N) is 2. The second-order valence-electron chi connectivity index (χ2n) is 8.94. The van der Waals surface area contributed by atoms with Crippen molar-refractivity contribution in [1.82, 2.24) is 10.6 Å². The normalized spacial score (nSPS) is 12.4. The molecule has 2 unspecified atom stereocenters. The van der Waals surface area contributed by atoms with Crippen molar-refractivity contribution in [2.45, 2.75) is 45.1 Å². The topological polar surface area (TPSA) is 116 Å². The van der Waals surface area contributed by atoms with Gasteiger partial charge in [-0.15, -0.1) is 0 Å². The van der Waals surface area contributed by atoms with E-state index < -0.39 is 23.7 Å². The van der Waals surface area contributed by atoms with Crippen molar-refractivity contribution in [1.29, 1.82) is 0 Å². The Morgan fingerprint density at radius 1 is 0.919 bits per heavy atom. The van der Waals surface area contributed by atoms with Gasteiger partial charge in [0.15, 0.2) is 0 Å². The summed E-state index contributed by atoms with van der Waals surface area (Å²) in [7, 11) is 0. The fourth-order valence-corrected chi connectivity index (χ4v) is 4.22. The van der Waals surface area contributed by atoms with Crippen molar-refractivity contribution in [2.75, 3.05) is 6.54 Å². The molecule has 3 rings (SSSR count). The molecular formula is C29H31FN2O5. The van der Waals surface area contributed by atoms with Crippen molar-refractivity contribution in [3.05, 3.63) is 100 Å². The van der Waals surface area contributed by atoms with Gasteiger partial charge in [0.05, 0.1) is 18.0 Å². The van der Waals surface area contributed by atoms with Gasteiger partial charge in [0.2, 0.25) is 0 Å². The zero-order valence-corrected chi connectivity index (χ0v) is 20.8. The van der Waals surface area contributed by atoms with Gasteiger partial charge in [0.25, 0.3) is 11.8 Å². The van der Waals surface area contributed by atoms with Crippen LogP contribution in [0.3, 0.4) is 0 Å². The molecule has 4 N–H and O–H groups in total. The van der Waals surface area contributed by atoms with Crippen LogP contribution in [0.1, 0.15) is 75.6 Å². The second-order valence-corrected chi connectivity index (χ2v) is 8.94. The molecule has 0 saturated heterocycles. The number of benzene rings is 3. The first kappa shape index (κ1) is 27.4. The molecule has 37 heavy (non-hydrogen) atoms. The number of aryl methyl sites for hydroxylation is 1. The van der Waals surface area contributed by atoms with E-state index in [9.17, 15) is 23.9 Å². The monoisotopic (exact) mass is 506 g/mol. The molecule has 0 heterocycles. The Morgan fingerprint density at radius 2 is 1.57 bits per heavy atom. The van der Waals surface area contributed by atoms with Gasteiger partial charge < -0.3 is 20.8 Å². The minimum atomic E-state index is -0.995. The summed E-state index contributed by atoms with van der Waals surface area (Å²) in [5, 5.41) is 24.1. The molecule has 0 radical (unpaired) electrons. The lowest BCUT2D eigenvalue weighted by atomic mass is 9.83. The van der Waals surface area contributed by atoms with Crippen LogP contribution in [0.4, 0.5) is 4.39 Å². The number of carbonyl (C=O) groups excluding carboxylic acids is 2. The van der Waals surface area contributed by atoms with Crippen LogP contribution in [0.2, 0.25) is 0 Å². The third-order valence-corrected chi connectivity index (χ3v) is 6.14. The summed E-state index contributed by atoms with van der Waals surface area (Å²) < 4.78 is 14.6. The summed E-state index contributed by atoms with van der Waals surface area (Å²) in [5.74, 6) is -2.65. The summed E-state index contributed by atoms with van der Waals surface area (Å²) in [6.45, 7) is 3.79. The smallest absolute Gasteiger partial charge is 0.305 e. The summed E-state index contributed by atoms with van der Waals surface area (Å²) in [6, 6.07) is 17.3. The summed E-state index contributed by atoms with van der Waals surface area (Å²) in [5.41, 5.74) is 2.65. The van der Waals surface area contributed by atoms with Crippen LogP contribution in [-0.2, 0) is 4.79 Å². The SMILES string of the molecule is CCCC(c1ccc(C(=O)NCCC(=O)O)cc1)C(NC(=O)c1ccc(C)cc1F)c1ccc(O)cc1. The number of rotatable bonds is 11. The van der Waals surface area contributed by atoms with E-state index in [1.54, 1.807) is 49.4 Å². The Labute approximate surface area is 215 Å². The maximum absolute atomic E-state index is 14.6. The van der Waals surface area contributed by atoms with E-state index in [2.05, 4.69) is 10.6 Å². The molecule has 0 aliphatic heterocycles. The van der Waals surface area contributed by atoms with Crippen LogP contribution in [0.15, 0.2) is 66.7 Å². The maximum Gasteiger partial charge on any atom is 0.305 e. The Morgan fingerprint density at radius 3 is 2.16 bits per heavy atom. The first-order valence-electron chi connectivity index (χ1n) is 12.2. The molecular weight excluding hydrogens is 475 g/mol. The van der Waals surface area contributed by atoms with Gasteiger partial charge in [-0.3, -0.25) is 14.4 Å². The zero-order chi connectivity index (χ0) is 26.9. The summed E-state index contributed by atoms with van der Waals surface area (Å²) in [4.78, 5) is 36.2. The average Bonchev–Trinajstić information content (AvgIpc) is 2.86. The standard InChI is InChI=1S/C29H31FN2O5/c1-3-4-23(19-6-8-21(9-7-19)28(36)31-16-15-26(34)35)27(20-10-12-22(33)13-11-20)32-29(37)24-14-5-18(2)17-25(24)30/h5-14,17,23,27,33H,3-4,15-16H2,1-2H3,(H,31,36)(H,32,37)(H,34,35). The number of phenols is 1. The Hall–Kier alpha value is -4.20. The van der Waals surface area contributed by atoms with Gasteiger partial charge >= 0.3 is 5.97 Å². The quantitative estimate of drug-likeness (QED) is 0.289. The Balaban J connectivity index is 1.91. The number of aromatic hydroxyl groups is 1. The van der Waals surface area contributed by atoms with Gasteiger partial charge in [0.1, 0.15) is 11.6 Å². The van der Waals surface area contributed by atoms with Crippen molar-refractivity contribution in [3.8, 4) is 5.75 Å². The lowest BCUT2D eigenvalue weighted by Gasteiger charge is -2.29. The molecule has 7 nitrogen and oxygen atoms in total. The van der Waals surface area contributed by atoms with Gasteiger partial charge in [-0.25, -0.2) is 4.39 Å². The fraction of sp³-hybridized carbons (Fsp3) is 0.276. The predicted octanol–water partition coefficient (Wildman–Crippen LogP) is 5.10. The molecule has 2 amide bonds. The van der Waals surface area contributed by atoms with Gasteiger partial charge in [0, 0.05) is 18.0 Å². The third kappa shape index (κ3) is 7.39. The van der Waals surface area contributed by atoms with Crippen LogP contribution in [0.5, 0.6) is 5.75 Å². The molecule has 0 bridgehead atoms. The molecule has 0 fully saturated rings. The van der Waals surface area contributed by atoms with Crippen molar-refractivity contribution in [2.24, 2.45) is 0 Å². The Kier molecular flexibility index (Phi) is 9.38. The van der Waals surface area contributed by atoms with E-state index in [0.29, 0.717) is 17.5 Å². The summed E-state index contributed by atoms with van der Waals surface area (Å²) in [6.07, 6.45) is 1.32. The highest BCUT2D eigenvalue weighted by Crippen LogP contribution is 2.36. The van der Waals surface area contributed by atoms with Crippen LogP contribution in [-0.4, -0.2) is 34.5 Å². The molecule has 0 saturated carbocycles. The number of carboxylic acids is 1. The zero-order valence-electron chi connectivity index (χ0n) is 20.8. The fourth-order valence-electron chi connectivity index (χ4n) is 4.22. The van der Waals surface area contributed by atoms with E-state index in [4.69, 9.17) is 5.11 Å². The number of amides is 2. The van der Waals surface area contributed by atoms with E-state index in [-0.39, 0.29) is 36.1 Å². The number of hydrogen-bond acceptors (Lipinski definition) is 4. The number of hydrogen-bond donors (Lipinski definition) is 4. The maximum atomic E-state index is 14.6.